The molecule has 150 valence electrons. The summed E-state index contributed by atoms with van der Waals surface area (Å²) in [5.41, 5.74) is -0.197. The summed E-state index contributed by atoms with van der Waals surface area (Å²) in [5, 5.41) is 6.59. The van der Waals surface area contributed by atoms with Crippen LogP contribution in [0.5, 0.6) is 5.75 Å². The average molecular weight is 391 g/mol. The van der Waals surface area contributed by atoms with Gasteiger partial charge in [0.15, 0.2) is 0 Å². The van der Waals surface area contributed by atoms with Crippen molar-refractivity contribution >= 4 is 11.9 Å². The highest BCUT2D eigenvalue weighted by molar-refractivity contribution is 5.84. The number of aromatic nitrogens is 2. The lowest BCUT2D eigenvalue weighted by molar-refractivity contribution is -0.146. The number of carbonyl (C=O) groups excluding carboxylic acids is 2. The van der Waals surface area contributed by atoms with Gasteiger partial charge in [0.05, 0.1) is 19.9 Å². The van der Waals surface area contributed by atoms with E-state index in [2.05, 4.69) is 15.2 Å². The Morgan fingerprint density at radius 2 is 1.93 bits per heavy atom. The van der Waals surface area contributed by atoms with Gasteiger partial charge in [-0.05, 0) is 24.1 Å². The highest BCUT2D eigenvalue weighted by atomic mass is 19.1. The van der Waals surface area contributed by atoms with Crippen LogP contribution in [0.15, 0.2) is 35.1 Å². The van der Waals surface area contributed by atoms with Crippen molar-refractivity contribution in [2.75, 3.05) is 14.2 Å². The number of rotatable bonds is 7. The number of ether oxygens (including phenoxy) is 2. The lowest BCUT2D eigenvalue weighted by Gasteiger charge is -2.19. The van der Waals surface area contributed by atoms with Crippen molar-refractivity contribution in [3.63, 3.8) is 0 Å². The van der Waals surface area contributed by atoms with Crippen LogP contribution in [0.1, 0.15) is 13.8 Å². The maximum absolute atomic E-state index is 14.3. The quantitative estimate of drug-likeness (QED) is 0.716. The number of carbonyl (C=O) groups is 2. The minimum absolute atomic E-state index is 0.157. The number of benzene rings is 1. The summed E-state index contributed by atoms with van der Waals surface area (Å²) in [6, 6.07) is 5.94. The van der Waals surface area contributed by atoms with Crippen LogP contribution in [0.4, 0.5) is 4.39 Å². The van der Waals surface area contributed by atoms with Crippen LogP contribution in [0.25, 0.3) is 11.3 Å². The molecule has 0 bridgehead atoms. The van der Waals surface area contributed by atoms with E-state index in [0.717, 1.165) is 4.68 Å². The monoisotopic (exact) mass is 391 g/mol. The van der Waals surface area contributed by atoms with Crippen LogP contribution in [-0.4, -0.2) is 41.9 Å². The minimum atomic E-state index is -0.851. The minimum Gasteiger partial charge on any atom is -0.497 e. The number of hydrogen-bond donors (Lipinski definition) is 1. The highest BCUT2D eigenvalue weighted by Crippen LogP contribution is 2.23. The molecule has 2 aromatic rings. The molecule has 0 saturated heterocycles. The molecule has 0 radical (unpaired) electrons. The van der Waals surface area contributed by atoms with Gasteiger partial charge < -0.3 is 14.8 Å². The number of nitrogens with zero attached hydrogens (tertiary/aromatic N) is 2. The van der Waals surface area contributed by atoms with Gasteiger partial charge in [0, 0.05) is 17.7 Å². The van der Waals surface area contributed by atoms with Gasteiger partial charge in [-0.1, -0.05) is 13.8 Å². The fraction of sp³-hybridized carbons (Fsp3) is 0.368. The zero-order valence-corrected chi connectivity index (χ0v) is 16.1. The molecule has 0 spiro atoms. The molecular weight excluding hydrogens is 369 g/mol. The molecule has 0 aliphatic carbocycles. The van der Waals surface area contributed by atoms with E-state index in [9.17, 15) is 18.8 Å². The molecule has 0 unspecified atom stereocenters. The molecule has 9 heteroatoms. The summed E-state index contributed by atoms with van der Waals surface area (Å²) in [5.74, 6) is -1.62. The molecule has 28 heavy (non-hydrogen) atoms. The molecule has 1 aromatic heterocycles. The van der Waals surface area contributed by atoms with Gasteiger partial charge in [0.25, 0.3) is 5.56 Å². The molecular formula is C19H22FN3O5. The molecule has 1 heterocycles. The summed E-state index contributed by atoms with van der Waals surface area (Å²) >= 11 is 0. The Morgan fingerprint density at radius 1 is 1.21 bits per heavy atom. The van der Waals surface area contributed by atoms with Gasteiger partial charge in [0.1, 0.15) is 24.2 Å². The SMILES string of the molecule is COC(=O)[C@@H](NC(=O)Cn1nc(-c2ccc(OC)cc2F)ccc1=O)C(C)C. The van der Waals surface area contributed by atoms with Crippen LogP contribution in [0.3, 0.4) is 0 Å². The molecule has 8 nitrogen and oxygen atoms in total. The molecule has 2 rings (SSSR count). The largest absolute Gasteiger partial charge is 0.497 e. The number of halogens is 1. The standard InChI is InChI=1S/C19H22FN3O5/c1-11(2)18(19(26)28-4)21-16(24)10-23-17(25)8-7-15(22-23)13-6-5-12(27-3)9-14(13)20/h5-9,11,18H,10H2,1-4H3,(H,21,24)/t18-/m0/s1. The summed E-state index contributed by atoms with van der Waals surface area (Å²) in [6.07, 6.45) is 0. The lowest BCUT2D eigenvalue weighted by Crippen LogP contribution is -2.47. The van der Waals surface area contributed by atoms with E-state index in [4.69, 9.17) is 4.74 Å². The Morgan fingerprint density at radius 3 is 2.50 bits per heavy atom. The second kappa shape index (κ2) is 9.12. The third-order valence-electron chi connectivity index (χ3n) is 4.05. The van der Waals surface area contributed by atoms with E-state index in [1.807, 2.05) is 0 Å². The van der Waals surface area contributed by atoms with E-state index >= 15 is 0 Å². The second-order valence-corrected chi connectivity index (χ2v) is 6.37. The number of methoxy groups -OCH3 is 2. The first-order valence-corrected chi connectivity index (χ1v) is 8.56. The van der Waals surface area contributed by atoms with Crippen LogP contribution in [0.2, 0.25) is 0 Å². The van der Waals surface area contributed by atoms with Crippen LogP contribution in [-0.2, 0) is 20.9 Å². The predicted octanol–water partition coefficient (Wildman–Crippen LogP) is 1.37. The number of nitrogens with one attached hydrogen (secondary N) is 1. The van der Waals surface area contributed by atoms with Crippen molar-refractivity contribution in [2.45, 2.75) is 26.4 Å². The van der Waals surface area contributed by atoms with Gasteiger partial charge in [-0.2, -0.15) is 5.10 Å². The number of esters is 1. The summed E-state index contributed by atoms with van der Waals surface area (Å²) < 4.78 is 24.8. The summed E-state index contributed by atoms with van der Waals surface area (Å²) in [4.78, 5) is 36.1. The fourth-order valence-electron chi connectivity index (χ4n) is 2.52. The Kier molecular flexibility index (Phi) is 6.86. The first-order valence-electron chi connectivity index (χ1n) is 8.56. The Labute approximate surface area is 161 Å². The molecule has 1 amide bonds. The average Bonchev–Trinajstić information content (AvgIpc) is 2.67. The zero-order valence-electron chi connectivity index (χ0n) is 16.1. The Balaban J connectivity index is 2.25. The van der Waals surface area contributed by atoms with Gasteiger partial charge in [-0.25, -0.2) is 13.9 Å². The molecule has 0 aliphatic heterocycles. The van der Waals surface area contributed by atoms with E-state index in [1.54, 1.807) is 19.9 Å². The molecule has 1 atom stereocenters. The van der Waals surface area contributed by atoms with E-state index in [0.29, 0.717) is 5.75 Å². The van der Waals surface area contributed by atoms with E-state index in [1.165, 1.54) is 38.5 Å². The second-order valence-electron chi connectivity index (χ2n) is 6.37. The number of hydrogen-bond acceptors (Lipinski definition) is 6. The van der Waals surface area contributed by atoms with Gasteiger partial charge in [-0.15, -0.1) is 0 Å². The highest BCUT2D eigenvalue weighted by Gasteiger charge is 2.25. The smallest absolute Gasteiger partial charge is 0.328 e. The first-order chi connectivity index (χ1) is 13.3. The maximum Gasteiger partial charge on any atom is 0.328 e. The van der Waals surface area contributed by atoms with Gasteiger partial charge in [-0.3, -0.25) is 9.59 Å². The van der Waals surface area contributed by atoms with Crippen LogP contribution >= 0.6 is 0 Å². The van der Waals surface area contributed by atoms with Crippen molar-refractivity contribution in [2.24, 2.45) is 5.92 Å². The van der Waals surface area contributed by atoms with Crippen molar-refractivity contribution < 1.29 is 23.5 Å². The molecule has 0 aliphatic rings. The Bertz CT molecular complexity index is 926. The summed E-state index contributed by atoms with van der Waals surface area (Å²) in [7, 11) is 2.65. The zero-order chi connectivity index (χ0) is 20.8. The predicted molar refractivity (Wildman–Crippen MR) is 99.2 cm³/mol. The lowest BCUT2D eigenvalue weighted by atomic mass is 10.0. The third kappa shape index (κ3) is 4.93. The third-order valence-corrected chi connectivity index (χ3v) is 4.05. The van der Waals surface area contributed by atoms with E-state index < -0.39 is 35.8 Å². The van der Waals surface area contributed by atoms with Crippen LogP contribution in [0, 0.1) is 11.7 Å². The fourth-order valence-corrected chi connectivity index (χ4v) is 2.52. The van der Waals surface area contributed by atoms with Crippen molar-refractivity contribution in [3.05, 3.63) is 46.5 Å². The van der Waals surface area contributed by atoms with Crippen molar-refractivity contribution in [3.8, 4) is 17.0 Å². The first kappa shape index (κ1) is 21.1. The Hall–Kier alpha value is -3.23. The molecule has 1 N–H and O–H groups in total. The topological polar surface area (TPSA) is 99.5 Å². The van der Waals surface area contributed by atoms with E-state index in [-0.39, 0.29) is 17.2 Å². The van der Waals surface area contributed by atoms with Gasteiger partial charge >= 0.3 is 5.97 Å². The molecule has 1 aromatic carbocycles. The van der Waals surface area contributed by atoms with Crippen LogP contribution < -0.4 is 15.6 Å². The number of amides is 1. The van der Waals surface area contributed by atoms with Gasteiger partial charge in [0.2, 0.25) is 5.91 Å². The van der Waals surface area contributed by atoms with Crippen molar-refractivity contribution in [1.29, 1.82) is 0 Å². The maximum atomic E-state index is 14.3. The normalized spacial score (nSPS) is 11.8. The molecule has 0 saturated carbocycles. The molecule has 0 fully saturated rings. The van der Waals surface area contributed by atoms with Crippen molar-refractivity contribution in [1.82, 2.24) is 15.1 Å². The summed E-state index contributed by atoms with van der Waals surface area (Å²) in [6.45, 7) is 3.07.